The lowest BCUT2D eigenvalue weighted by Gasteiger charge is -2.11. The van der Waals surface area contributed by atoms with Crippen LogP contribution in [0.15, 0.2) is 41.8 Å². The van der Waals surface area contributed by atoms with Crippen LogP contribution in [0, 0.1) is 0 Å². The summed E-state index contributed by atoms with van der Waals surface area (Å²) in [7, 11) is 3.92. The van der Waals surface area contributed by atoms with E-state index in [1.54, 1.807) is 23.5 Å². The first kappa shape index (κ1) is 19.9. The lowest BCUT2D eigenvalue weighted by atomic mass is 10.1. The molecule has 0 spiro atoms. The number of hydrogen-bond acceptors (Lipinski definition) is 4. The van der Waals surface area contributed by atoms with Crippen LogP contribution in [-0.4, -0.2) is 50.6 Å². The van der Waals surface area contributed by atoms with Crippen molar-refractivity contribution in [1.29, 1.82) is 0 Å². The lowest BCUT2D eigenvalue weighted by Crippen LogP contribution is -2.36. The molecule has 1 aromatic carbocycles. The normalized spacial score (nSPS) is 10.6. The Balaban J connectivity index is 1.73. The van der Waals surface area contributed by atoms with Gasteiger partial charge in [-0.3, -0.25) is 4.79 Å². The number of carbonyl (C=O) groups is 2. The van der Waals surface area contributed by atoms with Crippen molar-refractivity contribution in [2.24, 2.45) is 0 Å². The van der Waals surface area contributed by atoms with Crippen molar-refractivity contribution < 1.29 is 9.59 Å². The summed E-state index contributed by atoms with van der Waals surface area (Å²) in [6.45, 7) is 2.36. The second-order valence-electron chi connectivity index (χ2n) is 6.20. The van der Waals surface area contributed by atoms with Gasteiger partial charge in [0.05, 0.1) is 0 Å². The molecule has 0 bridgehead atoms. The van der Waals surface area contributed by atoms with Crippen molar-refractivity contribution in [3.8, 4) is 0 Å². The Kier molecular flexibility index (Phi) is 8.11. The molecule has 0 aliphatic carbocycles. The van der Waals surface area contributed by atoms with Gasteiger partial charge in [-0.1, -0.05) is 18.2 Å². The summed E-state index contributed by atoms with van der Waals surface area (Å²) in [5.41, 5.74) is 1.49. The third-order valence-electron chi connectivity index (χ3n) is 3.72. The zero-order chi connectivity index (χ0) is 18.8. The summed E-state index contributed by atoms with van der Waals surface area (Å²) >= 11 is 1.68. The SMILES string of the molecule is CN(C)CCNC(=O)c1cccc(CNC(=O)NCCc2cccs2)c1. The summed E-state index contributed by atoms with van der Waals surface area (Å²) in [6.07, 6.45) is 0.827. The van der Waals surface area contributed by atoms with Crippen LogP contribution in [0.2, 0.25) is 0 Å². The second-order valence-corrected chi connectivity index (χ2v) is 7.23. The highest BCUT2D eigenvalue weighted by Gasteiger charge is 2.07. The molecule has 3 N–H and O–H groups in total. The molecule has 0 fully saturated rings. The fraction of sp³-hybridized carbons (Fsp3) is 0.368. The van der Waals surface area contributed by atoms with Crippen LogP contribution in [0.25, 0.3) is 0 Å². The number of carbonyl (C=O) groups excluding carboxylic acids is 2. The first-order valence-corrected chi connectivity index (χ1v) is 9.48. The first-order valence-electron chi connectivity index (χ1n) is 8.60. The molecule has 3 amide bonds. The minimum absolute atomic E-state index is 0.103. The molecule has 6 nitrogen and oxygen atoms in total. The quantitative estimate of drug-likeness (QED) is 0.629. The standard InChI is InChI=1S/C19H26N4O2S/c1-23(2)11-10-20-18(24)16-6-3-5-15(13-16)14-22-19(25)21-9-8-17-7-4-12-26-17/h3-7,12-13H,8-11,14H2,1-2H3,(H,20,24)(H2,21,22,25). The van der Waals surface area contributed by atoms with Crippen LogP contribution in [-0.2, 0) is 13.0 Å². The molecule has 1 aromatic heterocycles. The van der Waals surface area contributed by atoms with Gasteiger partial charge in [0.2, 0.25) is 0 Å². The molecular formula is C19H26N4O2S. The predicted octanol–water partition coefficient (Wildman–Crippen LogP) is 2.08. The number of rotatable bonds is 9. The monoisotopic (exact) mass is 374 g/mol. The molecule has 0 aliphatic rings. The van der Waals surface area contributed by atoms with E-state index in [1.807, 2.05) is 42.6 Å². The van der Waals surface area contributed by atoms with Gasteiger partial charge in [-0.2, -0.15) is 0 Å². The summed E-state index contributed by atoms with van der Waals surface area (Å²) in [4.78, 5) is 27.3. The molecule has 1 heterocycles. The second kappa shape index (κ2) is 10.6. The molecule has 7 heteroatoms. The van der Waals surface area contributed by atoms with Gasteiger partial charge in [0.15, 0.2) is 0 Å². The Labute approximate surface area is 158 Å². The molecule has 0 radical (unpaired) electrons. The lowest BCUT2D eigenvalue weighted by molar-refractivity contribution is 0.0951. The van der Waals surface area contributed by atoms with Crippen molar-refractivity contribution >= 4 is 23.3 Å². The highest BCUT2D eigenvalue weighted by atomic mass is 32.1. The molecule has 0 saturated carbocycles. The smallest absolute Gasteiger partial charge is 0.315 e. The van der Waals surface area contributed by atoms with E-state index in [0.29, 0.717) is 25.2 Å². The Morgan fingerprint density at radius 3 is 2.62 bits per heavy atom. The van der Waals surface area contributed by atoms with Gasteiger partial charge in [0, 0.05) is 36.6 Å². The van der Waals surface area contributed by atoms with Gasteiger partial charge >= 0.3 is 6.03 Å². The Morgan fingerprint density at radius 1 is 1.04 bits per heavy atom. The van der Waals surface area contributed by atoms with Crippen molar-refractivity contribution in [2.75, 3.05) is 33.7 Å². The van der Waals surface area contributed by atoms with Crippen molar-refractivity contribution in [3.05, 3.63) is 57.8 Å². The minimum Gasteiger partial charge on any atom is -0.351 e. The van der Waals surface area contributed by atoms with Gasteiger partial charge in [0.1, 0.15) is 0 Å². The van der Waals surface area contributed by atoms with Crippen LogP contribution >= 0.6 is 11.3 Å². The number of amides is 3. The van der Waals surface area contributed by atoms with Crippen LogP contribution in [0.1, 0.15) is 20.8 Å². The highest BCUT2D eigenvalue weighted by Crippen LogP contribution is 2.08. The summed E-state index contributed by atoms with van der Waals surface area (Å²) < 4.78 is 0. The van der Waals surface area contributed by atoms with Crippen molar-refractivity contribution in [3.63, 3.8) is 0 Å². The fourth-order valence-corrected chi connectivity index (χ4v) is 3.03. The Bertz CT molecular complexity index is 701. The van der Waals surface area contributed by atoms with Gasteiger partial charge in [-0.15, -0.1) is 11.3 Å². The van der Waals surface area contributed by atoms with E-state index >= 15 is 0 Å². The van der Waals surface area contributed by atoms with Crippen molar-refractivity contribution in [2.45, 2.75) is 13.0 Å². The number of likely N-dealkylation sites (N-methyl/N-ethyl adjacent to an activating group) is 1. The number of hydrogen-bond donors (Lipinski definition) is 3. The third-order valence-corrected chi connectivity index (χ3v) is 4.66. The molecule has 2 aromatic rings. The van der Waals surface area contributed by atoms with Gasteiger partial charge in [0.25, 0.3) is 5.91 Å². The summed E-state index contributed by atoms with van der Waals surface area (Å²) in [6, 6.07) is 11.1. The van der Waals surface area contributed by atoms with E-state index in [4.69, 9.17) is 0 Å². The largest absolute Gasteiger partial charge is 0.351 e. The Morgan fingerprint density at radius 2 is 1.88 bits per heavy atom. The summed E-state index contributed by atoms with van der Waals surface area (Å²) in [5, 5.41) is 10.6. The first-order chi connectivity index (χ1) is 12.5. The van der Waals surface area contributed by atoms with Crippen LogP contribution in [0.4, 0.5) is 4.79 Å². The number of nitrogens with zero attached hydrogens (tertiary/aromatic N) is 1. The van der Waals surface area contributed by atoms with E-state index in [-0.39, 0.29) is 11.9 Å². The van der Waals surface area contributed by atoms with E-state index in [9.17, 15) is 9.59 Å². The van der Waals surface area contributed by atoms with E-state index in [0.717, 1.165) is 18.5 Å². The molecular weight excluding hydrogens is 348 g/mol. The van der Waals surface area contributed by atoms with E-state index < -0.39 is 0 Å². The number of benzene rings is 1. The molecule has 0 aliphatic heterocycles. The Hall–Kier alpha value is -2.38. The molecule has 0 unspecified atom stereocenters. The number of urea groups is 1. The molecule has 140 valence electrons. The topological polar surface area (TPSA) is 73.5 Å². The minimum atomic E-state index is -0.206. The van der Waals surface area contributed by atoms with Gasteiger partial charge in [-0.25, -0.2) is 4.79 Å². The van der Waals surface area contributed by atoms with E-state index in [1.165, 1.54) is 4.88 Å². The maximum absolute atomic E-state index is 12.1. The van der Waals surface area contributed by atoms with Gasteiger partial charge < -0.3 is 20.9 Å². The van der Waals surface area contributed by atoms with E-state index in [2.05, 4.69) is 22.0 Å². The third kappa shape index (κ3) is 7.25. The van der Waals surface area contributed by atoms with Crippen molar-refractivity contribution in [1.82, 2.24) is 20.9 Å². The average Bonchev–Trinajstić information content (AvgIpc) is 3.13. The zero-order valence-electron chi connectivity index (χ0n) is 15.2. The average molecular weight is 375 g/mol. The molecule has 2 rings (SSSR count). The highest BCUT2D eigenvalue weighted by molar-refractivity contribution is 7.09. The van der Waals surface area contributed by atoms with Crippen LogP contribution in [0.5, 0.6) is 0 Å². The number of thiophene rings is 1. The zero-order valence-corrected chi connectivity index (χ0v) is 16.1. The maximum atomic E-state index is 12.1. The fourth-order valence-electron chi connectivity index (χ4n) is 2.32. The van der Waals surface area contributed by atoms with Gasteiger partial charge in [-0.05, 0) is 49.7 Å². The maximum Gasteiger partial charge on any atom is 0.315 e. The predicted molar refractivity (Wildman–Crippen MR) is 106 cm³/mol. The number of nitrogens with one attached hydrogen (secondary N) is 3. The van der Waals surface area contributed by atoms with Crippen LogP contribution < -0.4 is 16.0 Å². The molecule has 26 heavy (non-hydrogen) atoms. The van der Waals surface area contributed by atoms with Crippen LogP contribution in [0.3, 0.4) is 0 Å². The molecule has 0 atom stereocenters. The summed E-state index contributed by atoms with van der Waals surface area (Å²) in [5.74, 6) is -0.103. The molecule has 0 saturated heterocycles.